The molecule has 6 nitrogen and oxygen atoms in total. The molecule has 0 saturated heterocycles. The molecule has 0 saturated carbocycles. The summed E-state index contributed by atoms with van der Waals surface area (Å²) in [6, 6.07) is 11.2. The van der Waals surface area contributed by atoms with Crippen LogP contribution in [0.4, 0.5) is 10.2 Å². The maximum absolute atomic E-state index is 13.0. The maximum atomic E-state index is 13.0. The first-order valence-corrected chi connectivity index (χ1v) is 8.97. The summed E-state index contributed by atoms with van der Waals surface area (Å²) in [4.78, 5) is 33.7. The molecule has 2 aromatic heterocycles. The normalized spacial score (nSPS) is 13.4. The molecule has 28 heavy (non-hydrogen) atoms. The number of nitrogens with zero attached hydrogens (tertiary/aromatic N) is 2. The number of H-pyrrole nitrogens is 1. The fraction of sp³-hybridized carbons (Fsp3) is 0.190. The van der Waals surface area contributed by atoms with Gasteiger partial charge in [-0.3, -0.25) is 9.59 Å². The van der Waals surface area contributed by atoms with Crippen molar-refractivity contribution in [1.82, 2.24) is 14.9 Å². The fourth-order valence-electron chi connectivity index (χ4n) is 3.27. The minimum atomic E-state index is -0.336. The molecule has 2 amide bonds. The number of amides is 2. The molecule has 0 radical (unpaired) electrons. The Bertz CT molecular complexity index is 1040. The molecule has 142 valence electrons. The minimum absolute atomic E-state index is 0.00521. The van der Waals surface area contributed by atoms with Gasteiger partial charge in [0.25, 0.3) is 5.91 Å². The highest BCUT2D eigenvalue weighted by molar-refractivity contribution is 5.98. The number of aromatic nitrogens is 2. The second-order valence-corrected chi connectivity index (χ2v) is 6.83. The minimum Gasteiger partial charge on any atom is -0.358 e. The summed E-state index contributed by atoms with van der Waals surface area (Å²) < 4.78 is 13.0. The molecule has 4 rings (SSSR count). The molecule has 7 heteroatoms. The lowest BCUT2D eigenvalue weighted by Crippen LogP contribution is -2.33. The Labute approximate surface area is 161 Å². The zero-order valence-electron chi connectivity index (χ0n) is 15.3. The van der Waals surface area contributed by atoms with E-state index in [0.29, 0.717) is 17.9 Å². The first-order chi connectivity index (χ1) is 13.5. The average molecular weight is 378 g/mol. The zero-order valence-corrected chi connectivity index (χ0v) is 15.3. The second-order valence-electron chi connectivity index (χ2n) is 6.83. The summed E-state index contributed by atoms with van der Waals surface area (Å²) in [7, 11) is 1.79. The number of carbonyl (C=O) groups is 2. The molecule has 0 atom stereocenters. The van der Waals surface area contributed by atoms with Gasteiger partial charge in [-0.1, -0.05) is 12.1 Å². The number of hydrogen-bond donors (Lipinski definition) is 2. The number of pyridine rings is 1. The summed E-state index contributed by atoms with van der Waals surface area (Å²) >= 11 is 0. The largest absolute Gasteiger partial charge is 0.358 e. The number of benzene rings is 1. The number of nitrogens with one attached hydrogen (secondary N) is 2. The van der Waals surface area contributed by atoms with Gasteiger partial charge in [-0.25, -0.2) is 9.37 Å². The van der Waals surface area contributed by atoms with E-state index in [1.54, 1.807) is 36.3 Å². The molecule has 0 spiro atoms. The van der Waals surface area contributed by atoms with E-state index in [1.807, 2.05) is 12.1 Å². The quantitative estimate of drug-likeness (QED) is 0.733. The van der Waals surface area contributed by atoms with E-state index in [0.717, 1.165) is 28.9 Å². The maximum Gasteiger partial charge on any atom is 0.255 e. The van der Waals surface area contributed by atoms with E-state index in [4.69, 9.17) is 0 Å². The number of hydrogen-bond acceptors (Lipinski definition) is 3. The van der Waals surface area contributed by atoms with Crippen LogP contribution < -0.4 is 5.32 Å². The van der Waals surface area contributed by atoms with Crippen molar-refractivity contribution < 1.29 is 14.0 Å². The van der Waals surface area contributed by atoms with Gasteiger partial charge >= 0.3 is 0 Å². The molecule has 3 heterocycles. The number of halogens is 1. The van der Waals surface area contributed by atoms with Crippen molar-refractivity contribution in [2.75, 3.05) is 18.9 Å². The van der Waals surface area contributed by atoms with Gasteiger partial charge in [0, 0.05) is 43.2 Å². The monoisotopic (exact) mass is 378 g/mol. The van der Waals surface area contributed by atoms with Gasteiger partial charge in [0.05, 0.1) is 12.0 Å². The van der Waals surface area contributed by atoms with Crippen molar-refractivity contribution in [1.29, 1.82) is 0 Å². The van der Waals surface area contributed by atoms with Crippen molar-refractivity contribution in [3.63, 3.8) is 0 Å². The van der Waals surface area contributed by atoms with Crippen LogP contribution in [-0.2, 0) is 17.6 Å². The van der Waals surface area contributed by atoms with E-state index in [2.05, 4.69) is 15.3 Å². The van der Waals surface area contributed by atoms with Gasteiger partial charge in [0.2, 0.25) is 5.91 Å². The van der Waals surface area contributed by atoms with Crippen LogP contribution in [0, 0.1) is 5.82 Å². The van der Waals surface area contributed by atoms with Gasteiger partial charge < -0.3 is 15.2 Å². The fourth-order valence-corrected chi connectivity index (χ4v) is 3.27. The predicted molar refractivity (Wildman–Crippen MR) is 103 cm³/mol. The van der Waals surface area contributed by atoms with Crippen molar-refractivity contribution in [3.05, 3.63) is 71.3 Å². The Balaban J connectivity index is 1.50. The SMILES string of the molecule is CN1CCc2[nH]c(-c3ccnc(NC(=O)Cc4ccc(F)cc4)c3)cc2C1=O. The van der Waals surface area contributed by atoms with E-state index < -0.39 is 0 Å². The highest BCUT2D eigenvalue weighted by atomic mass is 19.1. The summed E-state index contributed by atoms with van der Waals surface area (Å²) in [6.45, 7) is 0.687. The van der Waals surface area contributed by atoms with Gasteiger partial charge in [-0.2, -0.15) is 0 Å². The molecule has 0 aliphatic carbocycles. The van der Waals surface area contributed by atoms with E-state index in [9.17, 15) is 14.0 Å². The molecule has 0 fully saturated rings. The molecule has 1 aliphatic rings. The molecule has 1 aliphatic heterocycles. The van der Waals surface area contributed by atoms with E-state index >= 15 is 0 Å². The van der Waals surface area contributed by atoms with Gasteiger partial charge in [0.15, 0.2) is 0 Å². The van der Waals surface area contributed by atoms with Crippen molar-refractivity contribution in [2.24, 2.45) is 0 Å². The van der Waals surface area contributed by atoms with Crippen LogP contribution in [-0.4, -0.2) is 40.3 Å². The first-order valence-electron chi connectivity index (χ1n) is 8.97. The molecule has 0 unspecified atom stereocenters. The Hall–Kier alpha value is -3.48. The highest BCUT2D eigenvalue weighted by Gasteiger charge is 2.24. The Morgan fingerprint density at radius 2 is 2.04 bits per heavy atom. The smallest absolute Gasteiger partial charge is 0.255 e. The molecule has 2 N–H and O–H groups in total. The Morgan fingerprint density at radius 3 is 2.82 bits per heavy atom. The van der Waals surface area contributed by atoms with E-state index in [1.165, 1.54) is 12.1 Å². The third kappa shape index (κ3) is 3.64. The molecular formula is C21H19FN4O2. The topological polar surface area (TPSA) is 78.1 Å². The van der Waals surface area contributed by atoms with Crippen LogP contribution >= 0.6 is 0 Å². The number of fused-ring (bicyclic) bond motifs is 1. The van der Waals surface area contributed by atoms with Crippen molar-refractivity contribution in [3.8, 4) is 11.3 Å². The molecular weight excluding hydrogens is 359 g/mol. The molecule has 0 bridgehead atoms. The number of likely N-dealkylation sites (N-methyl/N-ethyl adjacent to an activating group) is 1. The van der Waals surface area contributed by atoms with Gasteiger partial charge in [-0.05, 0) is 35.9 Å². The number of carbonyl (C=O) groups excluding carboxylic acids is 2. The van der Waals surface area contributed by atoms with Crippen molar-refractivity contribution in [2.45, 2.75) is 12.8 Å². The lowest BCUT2D eigenvalue weighted by Gasteiger charge is -2.21. The molecule has 3 aromatic rings. The second kappa shape index (κ2) is 7.26. The third-order valence-corrected chi connectivity index (χ3v) is 4.79. The molecule has 1 aromatic carbocycles. The Kier molecular flexibility index (Phi) is 4.65. The number of aromatic amines is 1. The predicted octanol–water partition coefficient (Wildman–Crippen LogP) is 3.03. The average Bonchev–Trinajstić information content (AvgIpc) is 3.12. The Morgan fingerprint density at radius 1 is 1.25 bits per heavy atom. The van der Waals surface area contributed by atoms with Crippen LogP contribution in [0.2, 0.25) is 0 Å². The van der Waals surface area contributed by atoms with Crippen LogP contribution in [0.1, 0.15) is 21.6 Å². The van der Waals surface area contributed by atoms with Crippen molar-refractivity contribution >= 4 is 17.6 Å². The third-order valence-electron chi connectivity index (χ3n) is 4.79. The lowest BCUT2D eigenvalue weighted by atomic mass is 10.1. The zero-order chi connectivity index (χ0) is 19.7. The lowest BCUT2D eigenvalue weighted by molar-refractivity contribution is -0.115. The van der Waals surface area contributed by atoms with Crippen LogP contribution in [0.25, 0.3) is 11.3 Å². The summed E-state index contributed by atoms with van der Waals surface area (Å²) in [5, 5.41) is 2.76. The van der Waals surface area contributed by atoms with Gasteiger partial charge in [0.1, 0.15) is 11.6 Å². The van der Waals surface area contributed by atoms with Crippen LogP contribution in [0.15, 0.2) is 48.7 Å². The van der Waals surface area contributed by atoms with Crippen LogP contribution in [0.3, 0.4) is 0 Å². The standard InChI is InChI=1S/C21H19FN4O2/c1-26-9-7-17-16(21(26)28)12-18(24-17)14-6-8-23-19(11-14)25-20(27)10-13-2-4-15(22)5-3-13/h2-6,8,11-12,24H,7,9-10H2,1H3,(H,23,25,27). The first kappa shape index (κ1) is 17.9. The van der Waals surface area contributed by atoms with Gasteiger partial charge in [-0.15, -0.1) is 0 Å². The summed E-state index contributed by atoms with van der Waals surface area (Å²) in [5.74, 6) is -0.151. The number of anilines is 1. The summed E-state index contributed by atoms with van der Waals surface area (Å²) in [5.41, 5.74) is 3.97. The number of rotatable bonds is 4. The highest BCUT2D eigenvalue weighted by Crippen LogP contribution is 2.26. The van der Waals surface area contributed by atoms with Crippen LogP contribution in [0.5, 0.6) is 0 Å². The van der Waals surface area contributed by atoms with E-state index in [-0.39, 0.29) is 24.1 Å². The summed E-state index contributed by atoms with van der Waals surface area (Å²) in [6.07, 6.45) is 2.52.